The second-order valence-corrected chi connectivity index (χ2v) is 8.21. The van der Waals surface area contributed by atoms with Gasteiger partial charge in [-0.1, -0.05) is 6.42 Å². The Hall–Kier alpha value is -1.34. The number of sulfone groups is 1. The number of hydrogen-bond acceptors (Lipinski definition) is 5. The number of carbonyl (C=O) groups excluding carboxylic acids is 1. The SMILES string of the molecule is C[C@@H](C(=O)NC[C@@H](c1ccco1)N1CCCCC1)S(C)(=O)=O. The summed E-state index contributed by atoms with van der Waals surface area (Å²) in [6, 6.07) is 3.67. The lowest BCUT2D eigenvalue weighted by Gasteiger charge is -2.33. The molecule has 1 aromatic rings. The molecule has 124 valence electrons. The fourth-order valence-electron chi connectivity index (χ4n) is 2.66. The smallest absolute Gasteiger partial charge is 0.238 e. The largest absolute Gasteiger partial charge is 0.468 e. The highest BCUT2D eigenvalue weighted by Crippen LogP contribution is 2.24. The summed E-state index contributed by atoms with van der Waals surface area (Å²) in [5, 5.41) is 1.72. The summed E-state index contributed by atoms with van der Waals surface area (Å²) >= 11 is 0. The number of nitrogens with one attached hydrogen (secondary N) is 1. The van der Waals surface area contributed by atoms with Crippen LogP contribution in [0.5, 0.6) is 0 Å². The Labute approximate surface area is 131 Å². The van der Waals surface area contributed by atoms with Crippen molar-refractivity contribution in [3.8, 4) is 0 Å². The fourth-order valence-corrected chi connectivity index (χ4v) is 3.13. The molecule has 1 fully saturated rings. The maximum absolute atomic E-state index is 12.0. The van der Waals surface area contributed by atoms with Crippen molar-refractivity contribution < 1.29 is 17.6 Å². The van der Waals surface area contributed by atoms with Crippen LogP contribution in [0.4, 0.5) is 0 Å². The zero-order valence-electron chi connectivity index (χ0n) is 13.1. The minimum atomic E-state index is -3.38. The van der Waals surface area contributed by atoms with Gasteiger partial charge in [0, 0.05) is 12.8 Å². The molecular weight excluding hydrogens is 304 g/mol. The molecule has 0 bridgehead atoms. The molecule has 1 N–H and O–H groups in total. The highest BCUT2D eigenvalue weighted by atomic mass is 32.2. The molecule has 0 aliphatic carbocycles. The van der Waals surface area contributed by atoms with Crippen LogP contribution in [0, 0.1) is 0 Å². The van der Waals surface area contributed by atoms with Gasteiger partial charge in [-0.25, -0.2) is 8.42 Å². The molecule has 1 aliphatic rings. The van der Waals surface area contributed by atoms with E-state index in [1.165, 1.54) is 13.3 Å². The van der Waals surface area contributed by atoms with E-state index < -0.39 is 21.0 Å². The van der Waals surface area contributed by atoms with Crippen LogP contribution in [0.25, 0.3) is 0 Å². The van der Waals surface area contributed by atoms with Gasteiger partial charge in [0.05, 0.1) is 12.3 Å². The van der Waals surface area contributed by atoms with E-state index in [0.717, 1.165) is 37.9 Å². The maximum atomic E-state index is 12.0. The second-order valence-electron chi connectivity index (χ2n) is 5.84. The van der Waals surface area contributed by atoms with E-state index in [-0.39, 0.29) is 6.04 Å². The minimum Gasteiger partial charge on any atom is -0.468 e. The molecule has 22 heavy (non-hydrogen) atoms. The quantitative estimate of drug-likeness (QED) is 0.853. The van der Waals surface area contributed by atoms with Crippen molar-refractivity contribution >= 4 is 15.7 Å². The molecule has 1 aliphatic heterocycles. The van der Waals surface area contributed by atoms with Gasteiger partial charge in [0.1, 0.15) is 11.0 Å². The van der Waals surface area contributed by atoms with Crippen LogP contribution in [0.15, 0.2) is 22.8 Å². The van der Waals surface area contributed by atoms with E-state index in [1.807, 2.05) is 12.1 Å². The molecule has 1 saturated heterocycles. The normalized spacial score (nSPS) is 19.5. The average Bonchev–Trinajstić information content (AvgIpc) is 3.00. The summed E-state index contributed by atoms with van der Waals surface area (Å²) in [4.78, 5) is 14.3. The number of rotatable bonds is 6. The zero-order chi connectivity index (χ0) is 16.2. The second kappa shape index (κ2) is 7.28. The summed E-state index contributed by atoms with van der Waals surface area (Å²) in [5.74, 6) is 0.338. The highest BCUT2D eigenvalue weighted by Gasteiger charge is 2.28. The lowest BCUT2D eigenvalue weighted by Crippen LogP contribution is -2.44. The van der Waals surface area contributed by atoms with Crippen LogP contribution in [0.1, 0.15) is 38.0 Å². The first kappa shape index (κ1) is 17.0. The van der Waals surface area contributed by atoms with Gasteiger partial charge < -0.3 is 9.73 Å². The predicted molar refractivity (Wildman–Crippen MR) is 84.2 cm³/mol. The van der Waals surface area contributed by atoms with Crippen LogP contribution < -0.4 is 5.32 Å². The molecule has 6 nitrogen and oxygen atoms in total. The lowest BCUT2D eigenvalue weighted by atomic mass is 10.1. The van der Waals surface area contributed by atoms with E-state index in [2.05, 4.69) is 10.2 Å². The van der Waals surface area contributed by atoms with Crippen LogP contribution in [-0.4, -0.2) is 50.4 Å². The van der Waals surface area contributed by atoms with Crippen molar-refractivity contribution in [3.63, 3.8) is 0 Å². The maximum Gasteiger partial charge on any atom is 0.238 e. The molecule has 7 heteroatoms. The fraction of sp³-hybridized carbons (Fsp3) is 0.667. The number of nitrogens with zero attached hydrogens (tertiary/aromatic N) is 1. The summed E-state index contributed by atoms with van der Waals surface area (Å²) in [6.45, 7) is 3.69. The number of furan rings is 1. The Balaban J connectivity index is 2.02. The Bertz CT molecular complexity index is 577. The third-order valence-corrected chi connectivity index (χ3v) is 5.68. The topological polar surface area (TPSA) is 79.6 Å². The third-order valence-electron chi connectivity index (χ3n) is 4.18. The molecule has 2 rings (SSSR count). The molecule has 0 radical (unpaired) electrons. The Morgan fingerprint density at radius 3 is 2.59 bits per heavy atom. The summed E-state index contributed by atoms with van der Waals surface area (Å²) < 4.78 is 28.4. The molecule has 0 spiro atoms. The van der Waals surface area contributed by atoms with Crippen molar-refractivity contribution in [2.45, 2.75) is 37.5 Å². The average molecular weight is 328 g/mol. The van der Waals surface area contributed by atoms with E-state index in [1.54, 1.807) is 6.26 Å². The van der Waals surface area contributed by atoms with Gasteiger partial charge in [-0.2, -0.15) is 0 Å². The van der Waals surface area contributed by atoms with E-state index in [9.17, 15) is 13.2 Å². The number of amides is 1. The van der Waals surface area contributed by atoms with E-state index in [4.69, 9.17) is 4.42 Å². The standard InChI is InChI=1S/C15H24N2O4S/c1-12(22(2,19)20)15(18)16-11-13(14-7-6-10-21-14)17-8-4-3-5-9-17/h6-7,10,12-13H,3-5,8-9,11H2,1-2H3,(H,16,18)/t12-,13-/m0/s1. The molecule has 0 unspecified atom stereocenters. The zero-order valence-corrected chi connectivity index (χ0v) is 13.9. The first-order valence-electron chi connectivity index (χ1n) is 7.63. The van der Waals surface area contributed by atoms with Gasteiger partial charge in [0.25, 0.3) is 0 Å². The Morgan fingerprint density at radius 2 is 2.05 bits per heavy atom. The van der Waals surface area contributed by atoms with Crippen LogP contribution in [-0.2, 0) is 14.6 Å². The van der Waals surface area contributed by atoms with Crippen LogP contribution >= 0.6 is 0 Å². The predicted octanol–water partition coefficient (Wildman–Crippen LogP) is 1.36. The van der Waals surface area contributed by atoms with Crippen molar-refractivity contribution in [2.75, 3.05) is 25.9 Å². The molecular formula is C15H24N2O4S. The first-order valence-corrected chi connectivity index (χ1v) is 9.59. The van der Waals surface area contributed by atoms with Gasteiger partial charge in [0.15, 0.2) is 9.84 Å². The molecule has 2 heterocycles. The van der Waals surface area contributed by atoms with Gasteiger partial charge >= 0.3 is 0 Å². The van der Waals surface area contributed by atoms with E-state index in [0.29, 0.717) is 6.54 Å². The Kier molecular flexibility index (Phi) is 5.63. The summed E-state index contributed by atoms with van der Waals surface area (Å²) in [7, 11) is -3.38. The van der Waals surface area contributed by atoms with E-state index >= 15 is 0 Å². The van der Waals surface area contributed by atoms with Crippen molar-refractivity contribution in [1.29, 1.82) is 0 Å². The first-order chi connectivity index (χ1) is 10.4. The van der Waals surface area contributed by atoms with Gasteiger partial charge in [0.2, 0.25) is 5.91 Å². The van der Waals surface area contributed by atoms with Crippen molar-refractivity contribution in [1.82, 2.24) is 10.2 Å². The number of piperidine rings is 1. The third kappa shape index (κ3) is 4.33. The minimum absolute atomic E-state index is 0.0500. The van der Waals surface area contributed by atoms with Crippen molar-refractivity contribution in [2.24, 2.45) is 0 Å². The molecule has 1 amide bonds. The number of hydrogen-bond donors (Lipinski definition) is 1. The molecule has 0 aromatic carbocycles. The van der Waals surface area contributed by atoms with Gasteiger partial charge in [-0.05, 0) is 45.0 Å². The van der Waals surface area contributed by atoms with Gasteiger partial charge in [-0.3, -0.25) is 9.69 Å². The van der Waals surface area contributed by atoms with Crippen LogP contribution in [0.3, 0.4) is 0 Å². The highest BCUT2D eigenvalue weighted by molar-refractivity contribution is 7.92. The summed E-state index contributed by atoms with van der Waals surface area (Å²) in [6.07, 6.45) is 6.17. The van der Waals surface area contributed by atoms with Crippen molar-refractivity contribution in [3.05, 3.63) is 24.2 Å². The monoisotopic (exact) mass is 328 g/mol. The molecule has 2 atom stereocenters. The number of carbonyl (C=O) groups is 1. The summed E-state index contributed by atoms with van der Waals surface area (Å²) in [5.41, 5.74) is 0. The molecule has 1 aromatic heterocycles. The lowest BCUT2D eigenvalue weighted by molar-refractivity contribution is -0.120. The number of likely N-dealkylation sites (tertiary alicyclic amines) is 1. The Morgan fingerprint density at radius 1 is 1.36 bits per heavy atom. The molecule has 0 saturated carbocycles. The van der Waals surface area contributed by atoms with Crippen LogP contribution in [0.2, 0.25) is 0 Å². The van der Waals surface area contributed by atoms with Gasteiger partial charge in [-0.15, -0.1) is 0 Å².